The van der Waals surface area contributed by atoms with E-state index in [4.69, 9.17) is 4.74 Å². The van der Waals surface area contributed by atoms with E-state index in [1.54, 1.807) is 7.11 Å². The van der Waals surface area contributed by atoms with Gasteiger partial charge in [0, 0.05) is 24.2 Å². The number of amides is 2. The predicted molar refractivity (Wildman–Crippen MR) is 103 cm³/mol. The minimum Gasteiger partial charge on any atom is -0.497 e. The summed E-state index contributed by atoms with van der Waals surface area (Å²) < 4.78 is 5.21. The molecule has 2 amide bonds. The van der Waals surface area contributed by atoms with Crippen molar-refractivity contribution in [3.8, 4) is 17.0 Å². The normalized spacial score (nSPS) is 10.3. The maximum absolute atomic E-state index is 12.5. The van der Waals surface area contributed by atoms with Crippen molar-refractivity contribution in [3.05, 3.63) is 66.4 Å². The Balaban J connectivity index is 1.57. The number of hydrogen-bond donors (Lipinski definition) is 3. The van der Waals surface area contributed by atoms with Gasteiger partial charge in [-0.2, -0.15) is 5.10 Å². The highest BCUT2D eigenvalue weighted by molar-refractivity contribution is 6.00. The fourth-order valence-corrected chi connectivity index (χ4v) is 2.59. The smallest absolute Gasteiger partial charge is 0.255 e. The molecule has 0 atom stereocenters. The molecule has 0 aliphatic rings. The Hall–Kier alpha value is -3.61. The summed E-state index contributed by atoms with van der Waals surface area (Å²) in [5, 5.41) is 12.3. The molecule has 0 spiro atoms. The summed E-state index contributed by atoms with van der Waals surface area (Å²) >= 11 is 0. The largest absolute Gasteiger partial charge is 0.497 e. The number of hydrogen-bond acceptors (Lipinski definition) is 4. The Morgan fingerprint density at radius 1 is 1.11 bits per heavy atom. The first kappa shape index (κ1) is 18.2. The molecule has 0 aliphatic heterocycles. The molecule has 0 saturated heterocycles. The number of anilines is 1. The molecule has 0 unspecified atom stereocenters. The third-order valence-corrected chi connectivity index (χ3v) is 3.94. The fraction of sp³-hybridized carbons (Fsp3) is 0.150. The number of nitrogens with zero attached hydrogens (tertiary/aromatic N) is 1. The number of aromatic amines is 1. The highest BCUT2D eigenvalue weighted by atomic mass is 16.5. The maximum atomic E-state index is 12.5. The van der Waals surface area contributed by atoms with Crippen molar-refractivity contribution in [1.82, 2.24) is 15.5 Å². The van der Waals surface area contributed by atoms with E-state index in [1.807, 2.05) is 54.6 Å². The van der Waals surface area contributed by atoms with E-state index in [2.05, 4.69) is 20.8 Å². The van der Waals surface area contributed by atoms with Crippen LogP contribution < -0.4 is 15.4 Å². The Labute approximate surface area is 156 Å². The molecule has 3 rings (SSSR count). The molecule has 7 nitrogen and oxygen atoms in total. The molecule has 3 aromatic rings. The lowest BCUT2D eigenvalue weighted by molar-refractivity contribution is -0.116. The Kier molecular flexibility index (Phi) is 5.84. The van der Waals surface area contributed by atoms with Crippen molar-refractivity contribution in [2.24, 2.45) is 0 Å². The van der Waals surface area contributed by atoms with Gasteiger partial charge >= 0.3 is 0 Å². The monoisotopic (exact) mass is 364 g/mol. The zero-order valence-electron chi connectivity index (χ0n) is 14.9. The van der Waals surface area contributed by atoms with E-state index in [1.165, 1.54) is 6.20 Å². The summed E-state index contributed by atoms with van der Waals surface area (Å²) in [6.45, 7) is 0.222. The van der Waals surface area contributed by atoms with E-state index in [0.29, 0.717) is 17.0 Å². The van der Waals surface area contributed by atoms with E-state index < -0.39 is 0 Å². The first-order valence-electron chi connectivity index (χ1n) is 8.48. The fourth-order valence-electron chi connectivity index (χ4n) is 2.59. The maximum Gasteiger partial charge on any atom is 0.255 e. The highest BCUT2D eigenvalue weighted by Crippen LogP contribution is 2.24. The van der Waals surface area contributed by atoms with Crippen molar-refractivity contribution in [3.63, 3.8) is 0 Å². The second-order valence-corrected chi connectivity index (χ2v) is 5.81. The number of para-hydroxylation sites is 1. The number of methoxy groups -OCH3 is 1. The van der Waals surface area contributed by atoms with Crippen LogP contribution in [0.4, 0.5) is 5.69 Å². The number of benzene rings is 2. The average Bonchev–Trinajstić information content (AvgIpc) is 3.19. The van der Waals surface area contributed by atoms with Gasteiger partial charge in [-0.15, -0.1) is 0 Å². The lowest BCUT2D eigenvalue weighted by Crippen LogP contribution is -2.27. The number of ether oxygens (including phenoxy) is 1. The van der Waals surface area contributed by atoms with Gasteiger partial charge in [0.1, 0.15) is 5.75 Å². The van der Waals surface area contributed by atoms with Gasteiger partial charge in [0.2, 0.25) is 5.91 Å². The van der Waals surface area contributed by atoms with Gasteiger partial charge < -0.3 is 15.4 Å². The molecular formula is C20H20N4O3. The van der Waals surface area contributed by atoms with Crippen LogP contribution in [0.3, 0.4) is 0 Å². The molecule has 138 valence electrons. The number of nitrogens with one attached hydrogen (secondary N) is 3. The van der Waals surface area contributed by atoms with Gasteiger partial charge in [0.05, 0.1) is 24.6 Å². The number of aromatic nitrogens is 2. The number of carbonyl (C=O) groups is 2. The quantitative estimate of drug-likeness (QED) is 0.601. The molecule has 1 heterocycles. The molecule has 1 aromatic heterocycles. The SMILES string of the molecule is COc1cccc(-c2[nH]ncc2C(=O)NCCC(=O)Nc2ccccc2)c1. The standard InChI is InChI=1S/C20H20N4O3/c1-27-16-9-5-6-14(12-16)19-17(13-22-24-19)20(26)21-11-10-18(25)23-15-7-3-2-4-8-15/h2-9,12-13H,10-11H2,1H3,(H,21,26)(H,22,24)(H,23,25). The molecule has 3 N–H and O–H groups in total. The average molecular weight is 364 g/mol. The van der Waals surface area contributed by atoms with Crippen LogP contribution >= 0.6 is 0 Å². The molecule has 0 saturated carbocycles. The molecule has 7 heteroatoms. The zero-order chi connectivity index (χ0) is 19.1. The summed E-state index contributed by atoms with van der Waals surface area (Å²) in [6, 6.07) is 16.5. The van der Waals surface area contributed by atoms with Crippen molar-refractivity contribution >= 4 is 17.5 Å². The summed E-state index contributed by atoms with van der Waals surface area (Å²) in [4.78, 5) is 24.4. The van der Waals surface area contributed by atoms with Crippen molar-refractivity contribution in [2.75, 3.05) is 19.0 Å². The molecule has 0 bridgehead atoms. The van der Waals surface area contributed by atoms with Gasteiger partial charge in [-0.25, -0.2) is 0 Å². The third-order valence-electron chi connectivity index (χ3n) is 3.94. The van der Waals surface area contributed by atoms with Gasteiger partial charge in [0.15, 0.2) is 0 Å². The van der Waals surface area contributed by atoms with Gasteiger partial charge in [-0.05, 0) is 24.3 Å². The lowest BCUT2D eigenvalue weighted by Gasteiger charge is -2.08. The van der Waals surface area contributed by atoms with Crippen molar-refractivity contribution in [2.45, 2.75) is 6.42 Å². The molecule has 2 aromatic carbocycles. The predicted octanol–water partition coefficient (Wildman–Crippen LogP) is 2.84. The Bertz CT molecular complexity index is 922. The van der Waals surface area contributed by atoms with Crippen LogP contribution in [-0.4, -0.2) is 35.7 Å². The third kappa shape index (κ3) is 4.72. The summed E-state index contributed by atoms with van der Waals surface area (Å²) in [5.74, 6) is 0.224. The summed E-state index contributed by atoms with van der Waals surface area (Å²) in [7, 11) is 1.58. The highest BCUT2D eigenvalue weighted by Gasteiger charge is 2.15. The van der Waals surface area contributed by atoms with Crippen molar-refractivity contribution < 1.29 is 14.3 Å². The van der Waals surface area contributed by atoms with Crippen LogP contribution in [-0.2, 0) is 4.79 Å². The van der Waals surface area contributed by atoms with Crippen LogP contribution in [0.5, 0.6) is 5.75 Å². The molecular weight excluding hydrogens is 344 g/mol. The van der Waals surface area contributed by atoms with Crippen LogP contribution in [0.1, 0.15) is 16.8 Å². The van der Waals surface area contributed by atoms with Gasteiger partial charge in [-0.1, -0.05) is 30.3 Å². The Morgan fingerprint density at radius 3 is 2.70 bits per heavy atom. The zero-order valence-corrected chi connectivity index (χ0v) is 14.9. The van der Waals surface area contributed by atoms with Gasteiger partial charge in [-0.3, -0.25) is 14.7 Å². The second-order valence-electron chi connectivity index (χ2n) is 5.81. The lowest BCUT2D eigenvalue weighted by atomic mass is 10.1. The minimum atomic E-state index is -0.297. The number of carbonyl (C=O) groups excluding carboxylic acids is 2. The number of rotatable bonds is 7. The van der Waals surface area contributed by atoms with Crippen LogP contribution in [0.25, 0.3) is 11.3 Å². The minimum absolute atomic E-state index is 0.165. The second kappa shape index (κ2) is 8.66. The molecule has 27 heavy (non-hydrogen) atoms. The van der Waals surface area contributed by atoms with Crippen LogP contribution in [0, 0.1) is 0 Å². The topological polar surface area (TPSA) is 96.1 Å². The molecule has 0 fully saturated rings. The van der Waals surface area contributed by atoms with E-state index in [-0.39, 0.29) is 24.8 Å². The molecule has 0 radical (unpaired) electrons. The summed E-state index contributed by atoms with van der Waals surface area (Å²) in [5.41, 5.74) is 2.52. The van der Waals surface area contributed by atoms with Crippen molar-refractivity contribution in [1.29, 1.82) is 0 Å². The number of H-pyrrole nitrogens is 1. The first-order valence-corrected chi connectivity index (χ1v) is 8.48. The molecule has 0 aliphatic carbocycles. The van der Waals surface area contributed by atoms with E-state index in [9.17, 15) is 9.59 Å². The van der Waals surface area contributed by atoms with E-state index >= 15 is 0 Å². The van der Waals surface area contributed by atoms with Gasteiger partial charge in [0.25, 0.3) is 5.91 Å². The van der Waals surface area contributed by atoms with E-state index in [0.717, 1.165) is 11.3 Å². The first-order chi connectivity index (χ1) is 13.2. The van der Waals surface area contributed by atoms with Crippen LogP contribution in [0.15, 0.2) is 60.8 Å². The summed E-state index contributed by atoms with van der Waals surface area (Å²) in [6.07, 6.45) is 1.64. The Morgan fingerprint density at radius 2 is 1.93 bits per heavy atom. The van der Waals surface area contributed by atoms with Crippen LogP contribution in [0.2, 0.25) is 0 Å².